The van der Waals surface area contributed by atoms with Crippen molar-refractivity contribution in [3.8, 4) is 0 Å². The zero-order valence-corrected chi connectivity index (χ0v) is 13.8. The zero-order chi connectivity index (χ0) is 19.4. The number of amides is 1. The fourth-order valence-corrected chi connectivity index (χ4v) is 2.52. The molecule has 10 nitrogen and oxygen atoms in total. The summed E-state index contributed by atoms with van der Waals surface area (Å²) in [5.41, 5.74) is -0.104. The van der Waals surface area contributed by atoms with Gasteiger partial charge >= 0.3 is 0 Å². The molecule has 0 aliphatic carbocycles. The van der Waals surface area contributed by atoms with Gasteiger partial charge in [0.15, 0.2) is 0 Å². The highest BCUT2D eigenvalue weighted by molar-refractivity contribution is 6.07. The molecule has 0 spiro atoms. The average Bonchev–Trinajstić information content (AvgIpc) is 3.15. The number of para-hydroxylation sites is 1. The average molecular weight is 367 g/mol. The fraction of sp³-hybridized carbons (Fsp3) is 0.0588. The van der Waals surface area contributed by atoms with Gasteiger partial charge in [-0.1, -0.05) is 18.2 Å². The summed E-state index contributed by atoms with van der Waals surface area (Å²) >= 11 is 0. The Kier molecular flexibility index (Phi) is 4.88. The first-order valence-corrected chi connectivity index (χ1v) is 7.73. The molecule has 10 heteroatoms. The van der Waals surface area contributed by atoms with Crippen molar-refractivity contribution >= 4 is 23.0 Å². The Hall–Kier alpha value is -4.08. The Morgan fingerprint density at radius 1 is 1.11 bits per heavy atom. The molecule has 0 radical (unpaired) electrons. The van der Waals surface area contributed by atoms with E-state index in [1.165, 1.54) is 0 Å². The Balaban J connectivity index is 1.90. The first-order chi connectivity index (χ1) is 13.0. The van der Waals surface area contributed by atoms with Crippen molar-refractivity contribution in [1.29, 1.82) is 0 Å². The van der Waals surface area contributed by atoms with Gasteiger partial charge in [-0.15, -0.1) is 0 Å². The fourth-order valence-electron chi connectivity index (χ4n) is 2.52. The van der Waals surface area contributed by atoms with Crippen LogP contribution >= 0.6 is 0 Å². The third kappa shape index (κ3) is 3.95. The first-order valence-electron chi connectivity index (χ1n) is 7.73. The topological polar surface area (TPSA) is 133 Å². The van der Waals surface area contributed by atoms with Gasteiger partial charge in [-0.3, -0.25) is 25.0 Å². The number of nitrogens with zero attached hydrogens (tertiary/aromatic N) is 4. The van der Waals surface area contributed by atoms with Gasteiger partial charge in [0.05, 0.1) is 28.8 Å². The lowest BCUT2D eigenvalue weighted by molar-refractivity contribution is -0.394. The van der Waals surface area contributed by atoms with Crippen LogP contribution in [0.4, 0.5) is 17.1 Å². The lowest BCUT2D eigenvalue weighted by Crippen LogP contribution is -2.16. The van der Waals surface area contributed by atoms with E-state index < -0.39 is 27.1 Å². The SMILES string of the molecule is O=C(Nc1ccccc1Cn1ccnc1)c1ccc([N+](=O)[O-])cc1[N+](=O)[O-]. The quantitative estimate of drug-likeness (QED) is 0.526. The van der Waals surface area contributed by atoms with E-state index >= 15 is 0 Å². The lowest BCUT2D eigenvalue weighted by Gasteiger charge is -2.11. The van der Waals surface area contributed by atoms with Crippen LogP contribution in [0.2, 0.25) is 0 Å². The standard InChI is InChI=1S/C17H13N5O5/c23-17(14-6-5-13(21(24)25)9-16(14)22(26)27)19-15-4-2-1-3-12(15)10-20-8-7-18-11-20/h1-9,11H,10H2,(H,19,23). The molecule has 2 aromatic carbocycles. The van der Waals surface area contributed by atoms with Gasteiger partial charge in [-0.25, -0.2) is 4.98 Å². The largest absolute Gasteiger partial charge is 0.333 e. The normalized spacial score (nSPS) is 10.4. The minimum Gasteiger partial charge on any atom is -0.333 e. The van der Waals surface area contributed by atoms with Crippen LogP contribution in [0.25, 0.3) is 0 Å². The van der Waals surface area contributed by atoms with Crippen molar-refractivity contribution in [2.75, 3.05) is 5.32 Å². The van der Waals surface area contributed by atoms with E-state index in [-0.39, 0.29) is 5.56 Å². The highest BCUT2D eigenvalue weighted by Crippen LogP contribution is 2.26. The number of nitro benzene ring substituents is 2. The number of imidazole rings is 1. The number of aromatic nitrogens is 2. The number of non-ortho nitro benzene ring substituents is 1. The maximum absolute atomic E-state index is 12.6. The molecule has 0 atom stereocenters. The Morgan fingerprint density at radius 3 is 2.56 bits per heavy atom. The summed E-state index contributed by atoms with van der Waals surface area (Å²) < 4.78 is 1.80. The van der Waals surface area contributed by atoms with Crippen molar-refractivity contribution in [3.05, 3.63) is 92.5 Å². The molecule has 0 unspecified atom stereocenters. The predicted molar refractivity (Wildman–Crippen MR) is 95.5 cm³/mol. The van der Waals surface area contributed by atoms with Crippen LogP contribution in [-0.4, -0.2) is 25.3 Å². The van der Waals surface area contributed by atoms with Crippen LogP contribution in [0.1, 0.15) is 15.9 Å². The molecule has 0 saturated carbocycles. The summed E-state index contributed by atoms with van der Waals surface area (Å²) in [6.07, 6.45) is 5.01. The van der Waals surface area contributed by atoms with E-state index in [0.717, 1.165) is 23.8 Å². The van der Waals surface area contributed by atoms with E-state index in [1.54, 1.807) is 47.6 Å². The van der Waals surface area contributed by atoms with Crippen LogP contribution in [-0.2, 0) is 6.54 Å². The molecular formula is C17H13N5O5. The molecule has 1 aromatic heterocycles. The van der Waals surface area contributed by atoms with Crippen molar-refractivity contribution < 1.29 is 14.6 Å². The lowest BCUT2D eigenvalue weighted by atomic mass is 10.1. The van der Waals surface area contributed by atoms with Gasteiger partial charge in [0.1, 0.15) is 5.56 Å². The molecule has 1 N–H and O–H groups in total. The molecule has 1 amide bonds. The minimum absolute atomic E-state index is 0.261. The number of nitrogens with one attached hydrogen (secondary N) is 1. The first kappa shape index (κ1) is 17.7. The number of nitro groups is 2. The number of hydrogen-bond acceptors (Lipinski definition) is 6. The Labute approximate surface area is 152 Å². The second-order valence-corrected chi connectivity index (χ2v) is 5.56. The van der Waals surface area contributed by atoms with E-state index in [4.69, 9.17) is 0 Å². The monoisotopic (exact) mass is 367 g/mol. The predicted octanol–water partition coefficient (Wildman–Crippen LogP) is 3.00. The van der Waals surface area contributed by atoms with Gasteiger partial charge in [0.2, 0.25) is 0 Å². The smallest absolute Gasteiger partial charge is 0.289 e. The minimum atomic E-state index is -0.820. The van der Waals surface area contributed by atoms with Crippen LogP contribution in [0.3, 0.4) is 0 Å². The summed E-state index contributed by atoms with van der Waals surface area (Å²) in [7, 11) is 0. The van der Waals surface area contributed by atoms with E-state index in [2.05, 4.69) is 10.3 Å². The molecule has 0 aliphatic heterocycles. The van der Waals surface area contributed by atoms with Crippen LogP contribution < -0.4 is 5.32 Å². The highest BCUT2D eigenvalue weighted by Gasteiger charge is 2.24. The summed E-state index contributed by atoms with van der Waals surface area (Å²) in [4.78, 5) is 37.0. The third-order valence-corrected chi connectivity index (χ3v) is 3.81. The number of carbonyl (C=O) groups excluding carboxylic acids is 1. The van der Waals surface area contributed by atoms with E-state index in [0.29, 0.717) is 12.2 Å². The molecule has 0 aliphatic rings. The van der Waals surface area contributed by atoms with Gasteiger partial charge in [0, 0.05) is 24.1 Å². The van der Waals surface area contributed by atoms with Crippen LogP contribution in [0.5, 0.6) is 0 Å². The van der Waals surface area contributed by atoms with Gasteiger partial charge < -0.3 is 9.88 Å². The van der Waals surface area contributed by atoms with Gasteiger partial charge in [-0.05, 0) is 17.7 Å². The van der Waals surface area contributed by atoms with Crippen molar-refractivity contribution in [1.82, 2.24) is 9.55 Å². The number of anilines is 1. The maximum Gasteiger partial charge on any atom is 0.289 e. The Morgan fingerprint density at radius 2 is 1.89 bits per heavy atom. The highest BCUT2D eigenvalue weighted by atomic mass is 16.6. The molecule has 0 saturated heterocycles. The molecule has 0 bridgehead atoms. The number of benzene rings is 2. The molecular weight excluding hydrogens is 354 g/mol. The third-order valence-electron chi connectivity index (χ3n) is 3.81. The van der Waals surface area contributed by atoms with E-state index in [9.17, 15) is 25.0 Å². The number of carbonyl (C=O) groups is 1. The summed E-state index contributed by atoms with van der Waals surface area (Å²) in [5, 5.41) is 24.7. The summed E-state index contributed by atoms with van der Waals surface area (Å²) in [6.45, 7) is 0.443. The van der Waals surface area contributed by atoms with Crippen LogP contribution in [0.15, 0.2) is 61.2 Å². The van der Waals surface area contributed by atoms with Crippen molar-refractivity contribution in [3.63, 3.8) is 0 Å². The molecule has 27 heavy (non-hydrogen) atoms. The van der Waals surface area contributed by atoms with Crippen LogP contribution in [0, 0.1) is 20.2 Å². The molecule has 0 fully saturated rings. The van der Waals surface area contributed by atoms with Crippen molar-refractivity contribution in [2.24, 2.45) is 0 Å². The molecule has 1 heterocycles. The number of hydrogen-bond donors (Lipinski definition) is 1. The van der Waals surface area contributed by atoms with E-state index in [1.807, 2.05) is 0 Å². The second kappa shape index (κ2) is 7.44. The van der Waals surface area contributed by atoms with Gasteiger partial charge in [0.25, 0.3) is 17.3 Å². The van der Waals surface area contributed by atoms with Crippen molar-refractivity contribution in [2.45, 2.75) is 6.54 Å². The molecule has 3 rings (SSSR count). The summed E-state index contributed by atoms with van der Waals surface area (Å²) in [6, 6.07) is 9.89. The van der Waals surface area contributed by atoms with Gasteiger partial charge in [-0.2, -0.15) is 0 Å². The molecule has 136 valence electrons. The maximum atomic E-state index is 12.6. The Bertz CT molecular complexity index is 1020. The molecule has 3 aromatic rings. The second-order valence-electron chi connectivity index (χ2n) is 5.56. The summed E-state index contributed by atoms with van der Waals surface area (Å²) in [5.74, 6) is -0.727. The zero-order valence-electron chi connectivity index (χ0n) is 13.8. The number of rotatable bonds is 6.